The van der Waals surface area contributed by atoms with E-state index in [1.807, 2.05) is 13.1 Å². The van der Waals surface area contributed by atoms with Crippen molar-refractivity contribution in [2.24, 2.45) is 7.05 Å². The van der Waals surface area contributed by atoms with Gasteiger partial charge in [0.2, 0.25) is 0 Å². The van der Waals surface area contributed by atoms with Crippen LogP contribution in [0.15, 0.2) is 24.5 Å². The van der Waals surface area contributed by atoms with Gasteiger partial charge < -0.3 is 4.57 Å². The molecule has 3 heterocycles. The topological polar surface area (TPSA) is 34.0 Å². The fraction of sp³-hybridized carbons (Fsp3) is 0.429. The Labute approximate surface area is 107 Å². The molecule has 0 saturated carbocycles. The van der Waals surface area contributed by atoms with Crippen molar-refractivity contribution in [2.75, 3.05) is 6.54 Å². The summed E-state index contributed by atoms with van der Waals surface area (Å²) < 4.78 is 2.18. The summed E-state index contributed by atoms with van der Waals surface area (Å²) in [4.78, 5) is 11.3. The van der Waals surface area contributed by atoms with E-state index in [2.05, 4.69) is 44.8 Å². The summed E-state index contributed by atoms with van der Waals surface area (Å²) in [5, 5.41) is 0. The van der Waals surface area contributed by atoms with Crippen molar-refractivity contribution in [1.82, 2.24) is 19.4 Å². The maximum Gasteiger partial charge on any atom is 0.125 e. The van der Waals surface area contributed by atoms with E-state index in [-0.39, 0.29) is 0 Å². The highest BCUT2D eigenvalue weighted by Gasteiger charge is 2.18. The fourth-order valence-corrected chi connectivity index (χ4v) is 2.50. The lowest BCUT2D eigenvalue weighted by Gasteiger charge is -2.28. The molecule has 0 aromatic carbocycles. The van der Waals surface area contributed by atoms with Crippen LogP contribution in [0.5, 0.6) is 0 Å². The van der Waals surface area contributed by atoms with Gasteiger partial charge in [-0.1, -0.05) is 0 Å². The normalized spacial score (nSPS) is 15.7. The van der Waals surface area contributed by atoms with Crippen LogP contribution in [0.25, 0.3) is 0 Å². The number of hydrogen-bond donors (Lipinski definition) is 0. The van der Waals surface area contributed by atoms with Crippen LogP contribution in [0.3, 0.4) is 0 Å². The molecule has 0 fully saturated rings. The van der Waals surface area contributed by atoms with Gasteiger partial charge in [0, 0.05) is 62.4 Å². The first-order chi connectivity index (χ1) is 8.72. The van der Waals surface area contributed by atoms with Gasteiger partial charge in [0.25, 0.3) is 0 Å². The van der Waals surface area contributed by atoms with E-state index < -0.39 is 0 Å². The highest BCUT2D eigenvalue weighted by atomic mass is 15.2. The van der Waals surface area contributed by atoms with Crippen LogP contribution in [0, 0.1) is 6.92 Å². The van der Waals surface area contributed by atoms with Crippen LogP contribution in [0.4, 0.5) is 0 Å². The standard InChI is InChI=1S/C14H18N4/c1-11-15-8-12-9-18(7-5-14(12)16-11)10-13-4-3-6-17(13)2/h3-4,6,8H,5,7,9-10H2,1-2H3. The second kappa shape index (κ2) is 4.53. The van der Waals surface area contributed by atoms with Gasteiger partial charge >= 0.3 is 0 Å². The molecular formula is C14H18N4. The summed E-state index contributed by atoms with van der Waals surface area (Å²) in [7, 11) is 2.10. The Kier molecular flexibility index (Phi) is 2.88. The summed E-state index contributed by atoms with van der Waals surface area (Å²) in [5.74, 6) is 0.879. The Morgan fingerprint density at radius 3 is 3.06 bits per heavy atom. The third-order valence-corrected chi connectivity index (χ3v) is 3.57. The second-order valence-electron chi connectivity index (χ2n) is 4.96. The fourth-order valence-electron chi connectivity index (χ4n) is 2.50. The number of nitrogens with zero attached hydrogens (tertiary/aromatic N) is 4. The van der Waals surface area contributed by atoms with Crippen molar-refractivity contribution in [1.29, 1.82) is 0 Å². The highest BCUT2D eigenvalue weighted by Crippen LogP contribution is 2.18. The summed E-state index contributed by atoms with van der Waals surface area (Å²) >= 11 is 0. The lowest BCUT2D eigenvalue weighted by atomic mass is 10.1. The van der Waals surface area contributed by atoms with Crippen molar-refractivity contribution in [2.45, 2.75) is 26.4 Å². The van der Waals surface area contributed by atoms with Gasteiger partial charge in [0.1, 0.15) is 5.82 Å². The van der Waals surface area contributed by atoms with Gasteiger partial charge in [-0.25, -0.2) is 9.97 Å². The molecule has 0 N–H and O–H groups in total. The van der Waals surface area contributed by atoms with Gasteiger partial charge in [-0.3, -0.25) is 4.90 Å². The molecule has 0 unspecified atom stereocenters. The van der Waals surface area contributed by atoms with E-state index in [0.717, 1.165) is 31.9 Å². The van der Waals surface area contributed by atoms with Gasteiger partial charge in [0.15, 0.2) is 0 Å². The molecule has 0 saturated heterocycles. The summed E-state index contributed by atoms with van der Waals surface area (Å²) in [6.45, 7) is 4.99. The van der Waals surface area contributed by atoms with E-state index in [1.54, 1.807) is 0 Å². The molecule has 0 atom stereocenters. The molecule has 1 aliphatic heterocycles. The molecule has 0 radical (unpaired) electrons. The number of aryl methyl sites for hydroxylation is 2. The first-order valence-electron chi connectivity index (χ1n) is 6.36. The Hall–Kier alpha value is -1.68. The molecule has 0 spiro atoms. The Morgan fingerprint density at radius 2 is 2.28 bits per heavy atom. The molecule has 18 heavy (non-hydrogen) atoms. The van der Waals surface area contributed by atoms with Crippen molar-refractivity contribution < 1.29 is 0 Å². The van der Waals surface area contributed by atoms with Crippen LogP contribution in [-0.2, 0) is 26.6 Å². The lowest BCUT2D eigenvalue weighted by Crippen LogP contribution is -2.31. The molecule has 4 heteroatoms. The lowest BCUT2D eigenvalue weighted by molar-refractivity contribution is 0.237. The quantitative estimate of drug-likeness (QED) is 0.803. The van der Waals surface area contributed by atoms with Crippen LogP contribution in [0.2, 0.25) is 0 Å². The molecule has 3 rings (SSSR count). The molecular weight excluding hydrogens is 224 g/mol. The molecule has 0 amide bonds. The molecule has 4 nitrogen and oxygen atoms in total. The first kappa shape index (κ1) is 11.4. The zero-order valence-electron chi connectivity index (χ0n) is 10.9. The Morgan fingerprint density at radius 1 is 1.39 bits per heavy atom. The maximum atomic E-state index is 4.52. The first-order valence-corrected chi connectivity index (χ1v) is 6.36. The third kappa shape index (κ3) is 2.16. The summed E-state index contributed by atoms with van der Waals surface area (Å²) in [5.41, 5.74) is 3.86. The van der Waals surface area contributed by atoms with Gasteiger partial charge in [0.05, 0.1) is 0 Å². The average Bonchev–Trinajstić information content (AvgIpc) is 2.75. The van der Waals surface area contributed by atoms with E-state index in [4.69, 9.17) is 0 Å². The smallest absolute Gasteiger partial charge is 0.125 e. The molecule has 0 aliphatic carbocycles. The van der Waals surface area contributed by atoms with Gasteiger partial charge in [-0.05, 0) is 19.1 Å². The maximum absolute atomic E-state index is 4.52. The minimum Gasteiger partial charge on any atom is -0.353 e. The zero-order valence-corrected chi connectivity index (χ0v) is 10.9. The largest absolute Gasteiger partial charge is 0.353 e. The van der Waals surface area contributed by atoms with Gasteiger partial charge in [-0.2, -0.15) is 0 Å². The monoisotopic (exact) mass is 242 g/mol. The number of rotatable bonds is 2. The van der Waals surface area contributed by atoms with Crippen molar-refractivity contribution >= 4 is 0 Å². The summed E-state index contributed by atoms with van der Waals surface area (Å²) in [6.07, 6.45) is 5.11. The average molecular weight is 242 g/mol. The molecule has 2 aromatic rings. The predicted molar refractivity (Wildman–Crippen MR) is 70.0 cm³/mol. The van der Waals surface area contributed by atoms with E-state index >= 15 is 0 Å². The second-order valence-corrected chi connectivity index (χ2v) is 4.96. The minimum atomic E-state index is 0.879. The van der Waals surface area contributed by atoms with Crippen LogP contribution >= 0.6 is 0 Å². The van der Waals surface area contributed by atoms with Crippen LogP contribution in [0.1, 0.15) is 22.8 Å². The number of aromatic nitrogens is 3. The molecule has 2 aromatic heterocycles. The SMILES string of the molecule is Cc1ncc2c(n1)CCN(Cc1cccn1C)C2. The van der Waals surface area contributed by atoms with Crippen LogP contribution in [-0.4, -0.2) is 26.0 Å². The highest BCUT2D eigenvalue weighted by molar-refractivity contribution is 5.20. The van der Waals surface area contributed by atoms with Gasteiger partial charge in [-0.15, -0.1) is 0 Å². The number of fused-ring (bicyclic) bond motifs is 1. The minimum absolute atomic E-state index is 0.879. The predicted octanol–water partition coefficient (Wildman–Crippen LogP) is 1.68. The molecule has 0 bridgehead atoms. The van der Waals surface area contributed by atoms with E-state index in [1.165, 1.54) is 17.0 Å². The van der Waals surface area contributed by atoms with Crippen molar-refractivity contribution in [3.63, 3.8) is 0 Å². The van der Waals surface area contributed by atoms with E-state index in [9.17, 15) is 0 Å². The Balaban J connectivity index is 1.75. The van der Waals surface area contributed by atoms with Crippen molar-refractivity contribution in [3.05, 3.63) is 47.3 Å². The zero-order chi connectivity index (χ0) is 12.5. The molecule has 1 aliphatic rings. The third-order valence-electron chi connectivity index (χ3n) is 3.57. The van der Waals surface area contributed by atoms with E-state index in [0.29, 0.717) is 0 Å². The van der Waals surface area contributed by atoms with Crippen LogP contribution < -0.4 is 0 Å². The summed E-state index contributed by atoms with van der Waals surface area (Å²) in [6, 6.07) is 4.28. The Bertz CT molecular complexity index is 559. The number of hydrogen-bond acceptors (Lipinski definition) is 3. The van der Waals surface area contributed by atoms with Crippen molar-refractivity contribution in [3.8, 4) is 0 Å². The molecule has 94 valence electrons.